The van der Waals surface area contributed by atoms with Gasteiger partial charge in [0.1, 0.15) is 0 Å². The summed E-state index contributed by atoms with van der Waals surface area (Å²) in [4.78, 5) is 0. The lowest BCUT2D eigenvalue weighted by Gasteiger charge is -2.22. The molecule has 2 rings (SSSR count). The monoisotopic (exact) mass is 301 g/mol. The van der Waals surface area contributed by atoms with Crippen LogP contribution in [-0.4, -0.2) is 7.05 Å². The molecule has 2 aromatic rings. The van der Waals surface area contributed by atoms with Crippen LogP contribution >= 0.6 is 11.6 Å². The molecule has 1 N–H and O–H groups in total. The topological polar surface area (TPSA) is 12.0 Å². The van der Waals surface area contributed by atoms with E-state index in [0.29, 0.717) is 0 Å². The number of aryl methyl sites for hydroxylation is 3. The molecule has 0 aliphatic carbocycles. The second-order valence-electron chi connectivity index (χ2n) is 5.52. The summed E-state index contributed by atoms with van der Waals surface area (Å²) in [7, 11) is 2.01. The van der Waals surface area contributed by atoms with Gasteiger partial charge in [-0.2, -0.15) is 0 Å². The SMILES string of the molecule is CCc1ccc(CC)c(C(NC)c2cc(C)cc(Cl)c2)c1. The standard InChI is InChI=1S/C19H24ClN/c1-5-14-7-8-15(6-2)18(11-14)19(21-4)16-9-13(3)10-17(20)12-16/h7-12,19,21H,5-6H2,1-4H3. The van der Waals surface area contributed by atoms with Crippen LogP contribution in [0.1, 0.15) is 47.7 Å². The fourth-order valence-corrected chi connectivity index (χ4v) is 3.19. The number of hydrogen-bond donors (Lipinski definition) is 1. The normalized spacial score (nSPS) is 12.4. The van der Waals surface area contributed by atoms with Crippen molar-refractivity contribution in [3.05, 3.63) is 69.2 Å². The first-order chi connectivity index (χ1) is 10.1. The Balaban J connectivity index is 2.54. The molecule has 0 aliphatic heterocycles. The van der Waals surface area contributed by atoms with E-state index >= 15 is 0 Å². The van der Waals surface area contributed by atoms with E-state index in [-0.39, 0.29) is 6.04 Å². The van der Waals surface area contributed by atoms with Crippen molar-refractivity contribution in [3.8, 4) is 0 Å². The molecule has 0 aliphatic rings. The maximum absolute atomic E-state index is 6.24. The molecular weight excluding hydrogens is 278 g/mol. The lowest BCUT2D eigenvalue weighted by atomic mass is 9.90. The predicted molar refractivity (Wildman–Crippen MR) is 92.3 cm³/mol. The van der Waals surface area contributed by atoms with E-state index in [2.05, 4.69) is 56.4 Å². The van der Waals surface area contributed by atoms with Crippen molar-refractivity contribution >= 4 is 11.6 Å². The van der Waals surface area contributed by atoms with Crippen LogP contribution in [0, 0.1) is 6.92 Å². The van der Waals surface area contributed by atoms with Gasteiger partial charge in [-0.3, -0.25) is 0 Å². The molecule has 0 radical (unpaired) electrons. The molecule has 0 fully saturated rings. The van der Waals surface area contributed by atoms with Gasteiger partial charge in [-0.05, 0) is 66.8 Å². The van der Waals surface area contributed by atoms with Crippen LogP contribution in [0.4, 0.5) is 0 Å². The minimum atomic E-state index is 0.184. The van der Waals surface area contributed by atoms with Crippen molar-refractivity contribution in [3.63, 3.8) is 0 Å². The van der Waals surface area contributed by atoms with E-state index in [1.165, 1.54) is 27.8 Å². The molecule has 2 aromatic carbocycles. The summed E-state index contributed by atoms with van der Waals surface area (Å²) in [6.07, 6.45) is 2.10. The third-order valence-corrected chi connectivity index (χ3v) is 4.22. The van der Waals surface area contributed by atoms with Crippen molar-refractivity contribution < 1.29 is 0 Å². The molecule has 2 heteroatoms. The van der Waals surface area contributed by atoms with E-state index in [4.69, 9.17) is 11.6 Å². The summed E-state index contributed by atoms with van der Waals surface area (Å²) in [5, 5.41) is 4.26. The minimum absolute atomic E-state index is 0.184. The van der Waals surface area contributed by atoms with Crippen LogP contribution in [-0.2, 0) is 12.8 Å². The van der Waals surface area contributed by atoms with Crippen molar-refractivity contribution in [1.82, 2.24) is 5.32 Å². The highest BCUT2D eigenvalue weighted by atomic mass is 35.5. The van der Waals surface area contributed by atoms with Gasteiger partial charge in [0, 0.05) is 5.02 Å². The van der Waals surface area contributed by atoms with Crippen LogP contribution in [0.2, 0.25) is 5.02 Å². The van der Waals surface area contributed by atoms with Gasteiger partial charge in [-0.1, -0.05) is 49.7 Å². The molecule has 0 spiro atoms. The van der Waals surface area contributed by atoms with Gasteiger partial charge in [-0.25, -0.2) is 0 Å². The Kier molecular flexibility index (Phi) is 5.44. The third kappa shape index (κ3) is 3.66. The summed E-state index contributed by atoms with van der Waals surface area (Å²) in [5.74, 6) is 0. The maximum Gasteiger partial charge on any atom is 0.0577 e. The van der Waals surface area contributed by atoms with Crippen molar-refractivity contribution in [2.45, 2.75) is 39.7 Å². The predicted octanol–water partition coefficient (Wildman–Crippen LogP) is 5.08. The average molecular weight is 302 g/mol. The number of rotatable bonds is 5. The molecule has 0 saturated heterocycles. The second-order valence-corrected chi connectivity index (χ2v) is 5.96. The van der Waals surface area contributed by atoms with Gasteiger partial charge >= 0.3 is 0 Å². The van der Waals surface area contributed by atoms with Gasteiger partial charge in [-0.15, -0.1) is 0 Å². The first kappa shape index (κ1) is 16.1. The minimum Gasteiger partial charge on any atom is -0.309 e. The van der Waals surface area contributed by atoms with Gasteiger partial charge < -0.3 is 5.32 Å². The first-order valence-electron chi connectivity index (χ1n) is 7.65. The lowest BCUT2D eigenvalue weighted by molar-refractivity contribution is 0.682. The van der Waals surface area contributed by atoms with E-state index in [1.807, 2.05) is 13.1 Å². The average Bonchev–Trinajstić information content (AvgIpc) is 2.47. The highest BCUT2D eigenvalue weighted by Gasteiger charge is 2.16. The Bertz CT molecular complexity index is 599. The third-order valence-electron chi connectivity index (χ3n) is 4.00. The van der Waals surface area contributed by atoms with Gasteiger partial charge in [0.15, 0.2) is 0 Å². The zero-order valence-electron chi connectivity index (χ0n) is 13.3. The summed E-state index contributed by atoms with van der Waals surface area (Å²) in [5.41, 5.74) is 6.55. The second kappa shape index (κ2) is 7.11. The van der Waals surface area contributed by atoms with Crippen LogP contribution < -0.4 is 5.32 Å². The summed E-state index contributed by atoms with van der Waals surface area (Å²) < 4.78 is 0. The quantitative estimate of drug-likeness (QED) is 0.812. The molecule has 1 unspecified atom stereocenters. The van der Waals surface area contributed by atoms with Gasteiger partial charge in [0.2, 0.25) is 0 Å². The highest BCUT2D eigenvalue weighted by Crippen LogP contribution is 2.29. The molecule has 0 saturated carbocycles. The fourth-order valence-electron chi connectivity index (χ4n) is 2.89. The largest absolute Gasteiger partial charge is 0.309 e. The van der Waals surface area contributed by atoms with Crippen molar-refractivity contribution in [2.24, 2.45) is 0 Å². The Morgan fingerprint density at radius 3 is 2.38 bits per heavy atom. The number of nitrogens with one attached hydrogen (secondary N) is 1. The molecule has 0 heterocycles. The zero-order valence-corrected chi connectivity index (χ0v) is 14.1. The molecule has 0 bridgehead atoms. The number of hydrogen-bond acceptors (Lipinski definition) is 1. The van der Waals surface area contributed by atoms with E-state index in [9.17, 15) is 0 Å². The highest BCUT2D eigenvalue weighted by molar-refractivity contribution is 6.30. The molecule has 112 valence electrons. The first-order valence-corrected chi connectivity index (χ1v) is 8.02. The van der Waals surface area contributed by atoms with Crippen LogP contribution in [0.15, 0.2) is 36.4 Å². The molecule has 1 nitrogen and oxygen atoms in total. The van der Waals surface area contributed by atoms with Crippen LogP contribution in [0.25, 0.3) is 0 Å². The molecular formula is C19H24ClN. The van der Waals surface area contributed by atoms with Crippen LogP contribution in [0.3, 0.4) is 0 Å². The van der Waals surface area contributed by atoms with E-state index in [0.717, 1.165) is 17.9 Å². The Morgan fingerprint density at radius 2 is 1.81 bits per heavy atom. The Labute approximate surface area is 133 Å². The van der Waals surface area contributed by atoms with E-state index in [1.54, 1.807) is 0 Å². The van der Waals surface area contributed by atoms with Gasteiger partial charge in [0.05, 0.1) is 6.04 Å². The van der Waals surface area contributed by atoms with Gasteiger partial charge in [0.25, 0.3) is 0 Å². The van der Waals surface area contributed by atoms with Crippen molar-refractivity contribution in [1.29, 1.82) is 0 Å². The molecule has 21 heavy (non-hydrogen) atoms. The zero-order chi connectivity index (χ0) is 15.4. The summed E-state index contributed by atoms with van der Waals surface area (Å²) in [6, 6.07) is 13.3. The molecule has 1 atom stereocenters. The lowest BCUT2D eigenvalue weighted by Crippen LogP contribution is -2.19. The number of benzene rings is 2. The van der Waals surface area contributed by atoms with Crippen LogP contribution in [0.5, 0.6) is 0 Å². The smallest absolute Gasteiger partial charge is 0.0577 e. The maximum atomic E-state index is 6.24. The summed E-state index contributed by atoms with van der Waals surface area (Å²) in [6.45, 7) is 6.49. The fraction of sp³-hybridized carbons (Fsp3) is 0.368. The van der Waals surface area contributed by atoms with E-state index < -0.39 is 0 Å². The molecule has 0 amide bonds. The Morgan fingerprint density at radius 1 is 1.05 bits per heavy atom. The number of halogens is 1. The Hall–Kier alpha value is -1.31. The summed E-state index contributed by atoms with van der Waals surface area (Å²) >= 11 is 6.24. The molecule has 0 aromatic heterocycles. The van der Waals surface area contributed by atoms with Crippen molar-refractivity contribution in [2.75, 3.05) is 7.05 Å².